The number of morpholine rings is 1. The van der Waals surface area contributed by atoms with Gasteiger partial charge in [0.25, 0.3) is 0 Å². The molecule has 0 amide bonds. The Morgan fingerprint density at radius 3 is 3.05 bits per heavy atom. The normalized spacial score (nSPS) is 19.8. The molecule has 0 bridgehead atoms. The third-order valence-corrected chi connectivity index (χ3v) is 2.91. The van der Waals surface area contributed by atoms with E-state index in [1.807, 2.05) is 0 Å². The van der Waals surface area contributed by atoms with Gasteiger partial charge in [-0.3, -0.25) is 4.90 Å². The smallest absolute Gasteiger partial charge is 0.373 e. The van der Waals surface area contributed by atoms with E-state index in [2.05, 4.69) is 9.64 Å². The fraction of sp³-hybridized carbons (Fsp3) is 0.583. The molecule has 1 saturated heterocycles. The van der Waals surface area contributed by atoms with Crippen LogP contribution in [-0.2, 0) is 16.0 Å². The number of hydrogen-bond acceptors (Lipinski definition) is 6. The van der Waals surface area contributed by atoms with Crippen LogP contribution in [0.1, 0.15) is 16.3 Å². The van der Waals surface area contributed by atoms with Crippen LogP contribution in [0.5, 0.6) is 0 Å². The summed E-state index contributed by atoms with van der Waals surface area (Å²) in [4.78, 5) is 13.4. The zero-order valence-electron chi connectivity index (χ0n) is 10.8. The molecule has 2 rings (SSSR count). The van der Waals surface area contributed by atoms with Crippen LogP contribution in [0, 0.1) is 0 Å². The fourth-order valence-corrected chi connectivity index (χ4v) is 1.96. The summed E-state index contributed by atoms with van der Waals surface area (Å²) in [5, 5.41) is 0. The summed E-state index contributed by atoms with van der Waals surface area (Å²) in [7, 11) is 1.33. The van der Waals surface area contributed by atoms with Crippen molar-refractivity contribution in [2.75, 3.05) is 33.4 Å². The van der Waals surface area contributed by atoms with Gasteiger partial charge in [-0.25, -0.2) is 4.79 Å². The quantitative estimate of drug-likeness (QED) is 0.820. The van der Waals surface area contributed by atoms with Crippen LogP contribution in [0.2, 0.25) is 0 Å². The van der Waals surface area contributed by atoms with Crippen molar-refractivity contribution in [3.05, 3.63) is 23.7 Å². The number of carbonyl (C=O) groups is 1. The maximum absolute atomic E-state index is 11.3. The molecule has 1 atom stereocenters. The Bertz CT molecular complexity index is 410. The number of hydrogen-bond donors (Lipinski definition) is 1. The van der Waals surface area contributed by atoms with E-state index in [0.29, 0.717) is 19.7 Å². The van der Waals surface area contributed by atoms with Gasteiger partial charge in [0.05, 0.1) is 26.4 Å². The van der Waals surface area contributed by atoms with E-state index in [0.717, 1.165) is 18.8 Å². The van der Waals surface area contributed by atoms with Crippen molar-refractivity contribution >= 4 is 18.4 Å². The Hall–Kier alpha value is -1.08. The van der Waals surface area contributed by atoms with Crippen molar-refractivity contribution in [2.24, 2.45) is 5.73 Å². The lowest BCUT2D eigenvalue weighted by atomic mass is 10.2. The molecule has 1 aromatic rings. The lowest BCUT2D eigenvalue weighted by Gasteiger charge is -2.31. The first-order valence-electron chi connectivity index (χ1n) is 5.94. The Kier molecular flexibility index (Phi) is 6.30. The molecule has 0 spiro atoms. The van der Waals surface area contributed by atoms with Crippen LogP contribution in [-0.4, -0.2) is 50.3 Å². The maximum Gasteiger partial charge on any atom is 0.373 e. The Balaban J connectivity index is 0.00000180. The van der Waals surface area contributed by atoms with Crippen molar-refractivity contribution in [2.45, 2.75) is 12.6 Å². The second-order valence-corrected chi connectivity index (χ2v) is 4.22. The van der Waals surface area contributed by atoms with Gasteiger partial charge in [-0.1, -0.05) is 0 Å². The van der Waals surface area contributed by atoms with Crippen molar-refractivity contribution in [3.8, 4) is 0 Å². The highest BCUT2D eigenvalue weighted by Gasteiger charge is 2.20. The van der Waals surface area contributed by atoms with Crippen molar-refractivity contribution < 1.29 is 18.7 Å². The molecule has 1 aromatic heterocycles. The second-order valence-electron chi connectivity index (χ2n) is 4.22. The Morgan fingerprint density at radius 2 is 2.37 bits per heavy atom. The predicted octanol–water partition coefficient (Wildman–Crippen LogP) is 0.647. The van der Waals surface area contributed by atoms with Gasteiger partial charge in [0.15, 0.2) is 0 Å². The first-order valence-corrected chi connectivity index (χ1v) is 5.94. The third-order valence-electron chi connectivity index (χ3n) is 2.91. The van der Waals surface area contributed by atoms with E-state index in [9.17, 15) is 4.79 Å². The predicted molar refractivity (Wildman–Crippen MR) is 71.4 cm³/mol. The number of esters is 1. The van der Waals surface area contributed by atoms with Crippen molar-refractivity contribution in [1.29, 1.82) is 0 Å². The van der Waals surface area contributed by atoms with Gasteiger partial charge in [0.1, 0.15) is 5.76 Å². The zero-order valence-corrected chi connectivity index (χ0v) is 11.6. The van der Waals surface area contributed by atoms with Gasteiger partial charge in [0, 0.05) is 19.6 Å². The number of furan rings is 1. The largest absolute Gasteiger partial charge is 0.463 e. The molecule has 6 nitrogen and oxygen atoms in total. The minimum absolute atomic E-state index is 0. The molecular weight excluding hydrogens is 272 g/mol. The van der Waals surface area contributed by atoms with E-state index >= 15 is 0 Å². The zero-order chi connectivity index (χ0) is 13.0. The first kappa shape index (κ1) is 16.0. The van der Waals surface area contributed by atoms with Crippen LogP contribution < -0.4 is 5.73 Å². The van der Waals surface area contributed by atoms with Gasteiger partial charge in [0.2, 0.25) is 5.76 Å². The summed E-state index contributed by atoms with van der Waals surface area (Å²) < 4.78 is 15.5. The Morgan fingerprint density at radius 1 is 1.58 bits per heavy atom. The molecule has 0 aromatic carbocycles. The fourth-order valence-electron chi connectivity index (χ4n) is 1.96. The third kappa shape index (κ3) is 4.21. The van der Waals surface area contributed by atoms with Gasteiger partial charge in [-0.15, -0.1) is 12.4 Å². The number of methoxy groups -OCH3 is 1. The van der Waals surface area contributed by atoms with Gasteiger partial charge >= 0.3 is 5.97 Å². The van der Waals surface area contributed by atoms with Crippen LogP contribution in [0.3, 0.4) is 0 Å². The number of nitrogens with zero attached hydrogens (tertiary/aromatic N) is 1. The van der Waals surface area contributed by atoms with Crippen molar-refractivity contribution in [1.82, 2.24) is 4.90 Å². The van der Waals surface area contributed by atoms with E-state index in [4.69, 9.17) is 14.9 Å². The van der Waals surface area contributed by atoms with Gasteiger partial charge in [-0.05, 0) is 12.1 Å². The van der Waals surface area contributed by atoms with Gasteiger partial charge in [-0.2, -0.15) is 0 Å². The Labute approximate surface area is 118 Å². The van der Waals surface area contributed by atoms with Crippen LogP contribution in [0.4, 0.5) is 0 Å². The van der Waals surface area contributed by atoms with E-state index in [1.165, 1.54) is 7.11 Å². The van der Waals surface area contributed by atoms with E-state index < -0.39 is 5.97 Å². The van der Waals surface area contributed by atoms with Crippen LogP contribution in [0.25, 0.3) is 0 Å². The number of nitrogens with two attached hydrogens (primary N) is 1. The summed E-state index contributed by atoms with van der Waals surface area (Å²) in [6, 6.07) is 3.42. The molecule has 2 N–H and O–H groups in total. The second kappa shape index (κ2) is 7.49. The number of halogens is 1. The topological polar surface area (TPSA) is 77.9 Å². The molecule has 2 heterocycles. The van der Waals surface area contributed by atoms with E-state index in [1.54, 1.807) is 12.1 Å². The number of ether oxygens (including phenoxy) is 2. The molecule has 0 aliphatic carbocycles. The molecule has 1 fully saturated rings. The molecule has 1 aliphatic rings. The summed E-state index contributed by atoms with van der Waals surface area (Å²) in [6.45, 7) is 3.46. The summed E-state index contributed by atoms with van der Waals surface area (Å²) in [5.41, 5.74) is 5.58. The lowest BCUT2D eigenvalue weighted by molar-refractivity contribution is -0.0279. The molecule has 7 heteroatoms. The molecule has 0 saturated carbocycles. The SMILES string of the molecule is COC(=O)c1ccc(CN2CCOC(CN)C2)o1.Cl. The minimum atomic E-state index is -0.455. The molecule has 1 unspecified atom stereocenters. The molecule has 19 heavy (non-hydrogen) atoms. The van der Waals surface area contributed by atoms with Gasteiger partial charge < -0.3 is 19.6 Å². The molecule has 0 radical (unpaired) electrons. The lowest BCUT2D eigenvalue weighted by Crippen LogP contribution is -2.45. The highest BCUT2D eigenvalue weighted by molar-refractivity contribution is 5.86. The first-order chi connectivity index (χ1) is 8.72. The highest BCUT2D eigenvalue weighted by atomic mass is 35.5. The average Bonchev–Trinajstić information content (AvgIpc) is 2.86. The number of carbonyl (C=O) groups excluding carboxylic acids is 1. The average molecular weight is 291 g/mol. The van der Waals surface area contributed by atoms with Crippen LogP contribution in [0.15, 0.2) is 16.5 Å². The summed E-state index contributed by atoms with van der Waals surface area (Å²) in [6.07, 6.45) is 0.0776. The minimum Gasteiger partial charge on any atom is -0.463 e. The number of rotatable bonds is 4. The summed E-state index contributed by atoms with van der Waals surface area (Å²) in [5.74, 6) is 0.521. The van der Waals surface area contributed by atoms with E-state index in [-0.39, 0.29) is 24.3 Å². The molecule has 1 aliphatic heterocycles. The standard InChI is InChI=1S/C12H18N2O4.ClH/c1-16-12(15)11-3-2-9(18-11)7-14-4-5-17-10(6-13)8-14;/h2-3,10H,4-8,13H2,1H3;1H. The monoisotopic (exact) mass is 290 g/mol. The van der Waals surface area contributed by atoms with Crippen molar-refractivity contribution in [3.63, 3.8) is 0 Å². The highest BCUT2D eigenvalue weighted by Crippen LogP contribution is 2.14. The summed E-state index contributed by atoms with van der Waals surface area (Å²) >= 11 is 0. The molecule has 108 valence electrons. The molecular formula is C12H19ClN2O4. The maximum atomic E-state index is 11.3. The van der Waals surface area contributed by atoms with Crippen LogP contribution >= 0.6 is 12.4 Å².